The van der Waals surface area contributed by atoms with Gasteiger partial charge in [0.2, 0.25) is 0 Å². The topological polar surface area (TPSA) is 12.5 Å². The molecular formula is C69H47NOSi. The first kappa shape index (κ1) is 41.9. The van der Waals surface area contributed by atoms with Crippen LogP contribution in [0.5, 0.6) is 11.5 Å². The molecule has 0 saturated carbocycles. The Balaban J connectivity index is 1.00. The van der Waals surface area contributed by atoms with Crippen molar-refractivity contribution in [2.45, 2.75) is 5.41 Å². The molecule has 2 nitrogen and oxygen atoms in total. The van der Waals surface area contributed by atoms with Crippen LogP contribution in [0.4, 0.5) is 17.1 Å². The number of hydrogen-bond acceptors (Lipinski definition) is 2. The van der Waals surface area contributed by atoms with Crippen molar-refractivity contribution in [3.8, 4) is 33.8 Å². The summed E-state index contributed by atoms with van der Waals surface area (Å²) in [5.41, 5.74) is 12.2. The summed E-state index contributed by atoms with van der Waals surface area (Å²) >= 11 is 0. The summed E-state index contributed by atoms with van der Waals surface area (Å²) < 4.78 is 7.06. The van der Waals surface area contributed by atoms with Crippen LogP contribution in [0.2, 0.25) is 0 Å². The molecule has 12 aromatic carbocycles. The molecule has 0 atom stereocenters. The number of anilines is 3. The molecule has 0 bridgehead atoms. The molecule has 0 amide bonds. The Hall–Kier alpha value is -9.02. The summed E-state index contributed by atoms with van der Waals surface area (Å²) in [6.07, 6.45) is 0. The first-order valence-electron chi connectivity index (χ1n) is 24.9. The fraction of sp³-hybridized carbons (Fsp3) is 0.0145. The molecule has 3 heteroatoms. The van der Waals surface area contributed by atoms with Gasteiger partial charge in [-0.1, -0.05) is 243 Å². The molecule has 1 spiro atoms. The summed E-state index contributed by atoms with van der Waals surface area (Å²) in [6.45, 7) is 0. The zero-order valence-corrected chi connectivity index (χ0v) is 40.5. The number of rotatable bonds is 7. The lowest BCUT2D eigenvalue weighted by Crippen LogP contribution is -2.79. The van der Waals surface area contributed by atoms with Crippen LogP contribution in [0.1, 0.15) is 22.3 Å². The summed E-state index contributed by atoms with van der Waals surface area (Å²) in [4.78, 5) is 2.45. The van der Waals surface area contributed by atoms with Gasteiger partial charge in [-0.25, -0.2) is 0 Å². The zero-order valence-electron chi connectivity index (χ0n) is 39.5. The van der Waals surface area contributed by atoms with Gasteiger partial charge in [0.15, 0.2) is 8.07 Å². The minimum atomic E-state index is -2.90. The smallest absolute Gasteiger partial charge is 0.180 e. The number of para-hydroxylation sites is 1. The fourth-order valence-corrected chi connectivity index (χ4v) is 17.8. The standard InChI is InChI=1S/C69H47NOSi/c1-4-21-48(22-5-1)49-39-42-52(43-40-49)70(63-35-20-24-50-23-10-11-29-56(50)63)64-45-44-55(57-30-12-13-31-58(57)64)51-41-46-66-62(47-51)69(59-32-14-17-36-65(59)71-66)60-33-15-18-37-67(60)72(53-25-6-2-7-26-53,54-27-8-3-9-28-54)68-38-19-16-34-61(68)69/h1-47H. The van der Waals surface area contributed by atoms with Crippen LogP contribution >= 0.6 is 0 Å². The summed E-state index contributed by atoms with van der Waals surface area (Å²) in [5, 5.41) is 10.3. The van der Waals surface area contributed by atoms with E-state index in [-0.39, 0.29) is 0 Å². The number of ether oxygens (including phenoxy) is 1. The molecule has 72 heavy (non-hydrogen) atoms. The van der Waals surface area contributed by atoms with Crippen molar-refractivity contribution in [1.29, 1.82) is 0 Å². The van der Waals surface area contributed by atoms with E-state index in [0.29, 0.717) is 0 Å². The maximum Gasteiger partial charge on any atom is 0.180 e. The van der Waals surface area contributed by atoms with Crippen molar-refractivity contribution in [3.63, 3.8) is 0 Å². The van der Waals surface area contributed by atoms with Crippen molar-refractivity contribution in [3.05, 3.63) is 307 Å². The molecule has 0 aromatic heterocycles. The van der Waals surface area contributed by atoms with Gasteiger partial charge >= 0.3 is 0 Å². The Kier molecular flexibility index (Phi) is 9.80. The molecular weight excluding hydrogens is 887 g/mol. The number of fused-ring (bicyclic) bond motifs is 10. The minimum Gasteiger partial charge on any atom is -0.457 e. The summed E-state index contributed by atoms with van der Waals surface area (Å²) in [6, 6.07) is 106. The predicted molar refractivity (Wildman–Crippen MR) is 303 cm³/mol. The van der Waals surface area contributed by atoms with Crippen LogP contribution in [-0.4, -0.2) is 8.07 Å². The Morgan fingerprint density at radius 2 is 0.819 bits per heavy atom. The Morgan fingerprint density at radius 3 is 1.51 bits per heavy atom. The van der Waals surface area contributed by atoms with Crippen molar-refractivity contribution in [2.24, 2.45) is 0 Å². The van der Waals surface area contributed by atoms with E-state index in [1.54, 1.807) is 0 Å². The van der Waals surface area contributed by atoms with Crippen molar-refractivity contribution in [1.82, 2.24) is 0 Å². The van der Waals surface area contributed by atoms with Gasteiger partial charge < -0.3 is 9.64 Å². The van der Waals surface area contributed by atoms with Crippen molar-refractivity contribution in [2.75, 3.05) is 4.90 Å². The Labute approximate surface area is 421 Å². The highest BCUT2D eigenvalue weighted by molar-refractivity contribution is 7.20. The molecule has 2 heterocycles. The molecule has 0 fully saturated rings. The molecule has 0 N–H and O–H groups in total. The fourth-order valence-electron chi connectivity index (χ4n) is 12.5. The molecule has 14 rings (SSSR count). The normalized spacial score (nSPS) is 13.6. The van der Waals surface area contributed by atoms with Crippen LogP contribution in [0.25, 0.3) is 43.8 Å². The van der Waals surface area contributed by atoms with Gasteiger partial charge in [-0.2, -0.15) is 0 Å². The van der Waals surface area contributed by atoms with Crippen LogP contribution < -0.4 is 30.4 Å². The van der Waals surface area contributed by atoms with E-state index in [0.717, 1.165) is 50.8 Å². The Bertz CT molecular complexity index is 3920. The molecule has 12 aromatic rings. The van der Waals surface area contributed by atoms with Crippen LogP contribution in [0.15, 0.2) is 285 Å². The lowest BCUT2D eigenvalue weighted by Gasteiger charge is -2.51. The lowest BCUT2D eigenvalue weighted by molar-refractivity contribution is 0.435. The third-order valence-corrected chi connectivity index (χ3v) is 20.4. The van der Waals surface area contributed by atoms with Gasteiger partial charge in [0.05, 0.1) is 16.8 Å². The minimum absolute atomic E-state index is 0.694. The highest BCUT2D eigenvalue weighted by Crippen LogP contribution is 2.57. The molecule has 2 aliphatic rings. The van der Waals surface area contributed by atoms with Crippen LogP contribution in [0, 0.1) is 0 Å². The molecule has 0 radical (unpaired) electrons. The van der Waals surface area contributed by atoms with E-state index in [2.05, 4.69) is 290 Å². The van der Waals surface area contributed by atoms with Crippen molar-refractivity contribution < 1.29 is 4.74 Å². The van der Waals surface area contributed by atoms with Gasteiger partial charge in [0.25, 0.3) is 0 Å². The van der Waals surface area contributed by atoms with Gasteiger partial charge in [0, 0.05) is 27.6 Å². The van der Waals surface area contributed by atoms with Gasteiger partial charge in [-0.3, -0.25) is 0 Å². The molecule has 0 unspecified atom stereocenters. The lowest BCUT2D eigenvalue weighted by atomic mass is 9.63. The van der Waals surface area contributed by atoms with E-state index in [4.69, 9.17) is 4.74 Å². The molecule has 0 aliphatic carbocycles. The number of hydrogen-bond donors (Lipinski definition) is 0. The summed E-state index contributed by atoms with van der Waals surface area (Å²) in [7, 11) is -2.90. The first-order chi connectivity index (χ1) is 35.7. The third-order valence-electron chi connectivity index (χ3n) is 15.5. The van der Waals surface area contributed by atoms with E-state index >= 15 is 0 Å². The maximum absolute atomic E-state index is 7.06. The molecule has 0 saturated heterocycles. The average Bonchev–Trinajstić information content (AvgIpc) is 3.46. The average molecular weight is 934 g/mol. The van der Waals surface area contributed by atoms with Crippen LogP contribution in [-0.2, 0) is 5.41 Å². The number of nitrogens with zero attached hydrogens (tertiary/aromatic N) is 1. The van der Waals surface area contributed by atoms with E-state index < -0.39 is 13.5 Å². The quantitative estimate of drug-likeness (QED) is 0.148. The molecule has 338 valence electrons. The third kappa shape index (κ3) is 6.21. The maximum atomic E-state index is 7.06. The predicted octanol–water partition coefficient (Wildman–Crippen LogP) is 15.0. The highest BCUT2D eigenvalue weighted by Gasteiger charge is 2.57. The van der Waals surface area contributed by atoms with Crippen molar-refractivity contribution >= 4 is 67.4 Å². The summed E-state index contributed by atoms with van der Waals surface area (Å²) in [5.74, 6) is 1.76. The van der Waals surface area contributed by atoms with Gasteiger partial charge in [-0.05, 0) is 107 Å². The van der Waals surface area contributed by atoms with Gasteiger partial charge in [-0.15, -0.1) is 0 Å². The SMILES string of the molecule is c1ccc(-c2ccc(N(c3cccc4ccccc34)c3ccc(-c4ccc5c(c4)C4(c6ccccc6O5)c5ccccc5[Si](c5ccccc5)(c5ccccc5)c5ccccc54)c4ccccc34)cc2)cc1. The second-order valence-corrected chi connectivity index (χ2v) is 22.8. The van der Waals surface area contributed by atoms with Gasteiger partial charge in [0.1, 0.15) is 11.5 Å². The van der Waals surface area contributed by atoms with Crippen LogP contribution in [0.3, 0.4) is 0 Å². The second kappa shape index (κ2) is 16.8. The van der Waals surface area contributed by atoms with E-state index in [9.17, 15) is 0 Å². The van der Waals surface area contributed by atoms with E-state index in [1.807, 2.05) is 0 Å². The first-order valence-corrected chi connectivity index (χ1v) is 26.9. The second-order valence-electron chi connectivity index (χ2n) is 19.1. The number of benzene rings is 12. The van der Waals surface area contributed by atoms with E-state index in [1.165, 1.54) is 64.5 Å². The largest absolute Gasteiger partial charge is 0.457 e. The monoisotopic (exact) mass is 933 g/mol. The zero-order chi connectivity index (χ0) is 47.6. The highest BCUT2D eigenvalue weighted by atomic mass is 28.3. The Morgan fingerprint density at radius 1 is 0.319 bits per heavy atom. The molecule has 2 aliphatic heterocycles.